The Hall–Kier alpha value is -0.890. The molecule has 19 heavy (non-hydrogen) atoms. The Morgan fingerprint density at radius 1 is 1.21 bits per heavy atom. The van der Waals surface area contributed by atoms with E-state index in [1.807, 2.05) is 18.2 Å². The molecule has 1 aliphatic heterocycles. The van der Waals surface area contributed by atoms with Crippen LogP contribution in [0.2, 0.25) is 5.02 Å². The van der Waals surface area contributed by atoms with Crippen LogP contribution in [0, 0.1) is 11.3 Å². The van der Waals surface area contributed by atoms with Crippen LogP contribution in [0.1, 0.15) is 40.0 Å². The van der Waals surface area contributed by atoms with Crippen LogP contribution >= 0.6 is 11.6 Å². The third-order valence-electron chi connectivity index (χ3n) is 4.29. The second-order valence-corrected chi connectivity index (χ2v) is 7.07. The third kappa shape index (κ3) is 3.36. The van der Waals surface area contributed by atoms with Gasteiger partial charge in [-0.05, 0) is 42.7 Å². The van der Waals surface area contributed by atoms with E-state index in [1.165, 1.54) is 19.3 Å². The number of benzene rings is 1. The van der Waals surface area contributed by atoms with Crippen LogP contribution in [0.3, 0.4) is 0 Å². The van der Waals surface area contributed by atoms with Crippen molar-refractivity contribution in [3.8, 4) is 0 Å². The van der Waals surface area contributed by atoms with Gasteiger partial charge in [-0.2, -0.15) is 0 Å². The molecule has 0 aromatic heterocycles. The highest BCUT2D eigenvalue weighted by Gasteiger charge is 2.27. The van der Waals surface area contributed by atoms with E-state index in [1.54, 1.807) is 0 Å². The van der Waals surface area contributed by atoms with Gasteiger partial charge in [0.15, 0.2) is 0 Å². The molecule has 1 heterocycles. The molecular formula is C16H25ClN2. The van der Waals surface area contributed by atoms with Gasteiger partial charge in [-0.1, -0.05) is 38.4 Å². The van der Waals surface area contributed by atoms with E-state index in [4.69, 9.17) is 17.3 Å². The first-order valence-electron chi connectivity index (χ1n) is 7.18. The van der Waals surface area contributed by atoms with Gasteiger partial charge in [-0.15, -0.1) is 0 Å². The van der Waals surface area contributed by atoms with Crippen molar-refractivity contribution in [1.82, 2.24) is 0 Å². The van der Waals surface area contributed by atoms with Gasteiger partial charge < -0.3 is 10.6 Å². The minimum Gasteiger partial charge on any atom is -0.397 e. The maximum Gasteiger partial charge on any atom is 0.0789 e. The van der Waals surface area contributed by atoms with Crippen molar-refractivity contribution >= 4 is 23.0 Å². The first kappa shape index (κ1) is 14.5. The largest absolute Gasteiger partial charge is 0.397 e. The number of halogens is 1. The van der Waals surface area contributed by atoms with E-state index in [-0.39, 0.29) is 0 Å². The second-order valence-electron chi connectivity index (χ2n) is 6.66. The molecular weight excluding hydrogens is 256 g/mol. The molecule has 0 saturated carbocycles. The number of anilines is 2. The van der Waals surface area contributed by atoms with Gasteiger partial charge >= 0.3 is 0 Å². The molecule has 0 aliphatic carbocycles. The number of nitrogen functional groups attached to an aromatic ring is 1. The molecule has 2 rings (SSSR count). The van der Waals surface area contributed by atoms with E-state index in [2.05, 4.69) is 25.7 Å². The molecule has 1 aliphatic rings. The van der Waals surface area contributed by atoms with E-state index >= 15 is 0 Å². The summed E-state index contributed by atoms with van der Waals surface area (Å²) in [5, 5.41) is 0.772. The summed E-state index contributed by atoms with van der Waals surface area (Å²) in [7, 11) is 0. The number of hydrogen-bond donors (Lipinski definition) is 1. The van der Waals surface area contributed by atoms with Gasteiger partial charge in [0.1, 0.15) is 0 Å². The van der Waals surface area contributed by atoms with Crippen LogP contribution in [0.4, 0.5) is 11.4 Å². The molecule has 0 spiro atoms. The number of nitrogens with two attached hydrogens (primary N) is 1. The quantitative estimate of drug-likeness (QED) is 0.763. The predicted octanol–water partition coefficient (Wildman–Crippen LogP) is 4.57. The highest BCUT2D eigenvalue weighted by molar-refractivity contribution is 6.34. The highest BCUT2D eigenvalue weighted by atomic mass is 35.5. The minimum atomic E-state index is 0.391. The van der Waals surface area contributed by atoms with Gasteiger partial charge in [-0.25, -0.2) is 0 Å². The average molecular weight is 281 g/mol. The maximum absolute atomic E-state index is 6.32. The lowest BCUT2D eigenvalue weighted by molar-refractivity contribution is 0.220. The van der Waals surface area contributed by atoms with E-state index in [9.17, 15) is 0 Å². The number of rotatable bonds is 1. The Morgan fingerprint density at radius 3 is 2.58 bits per heavy atom. The van der Waals surface area contributed by atoms with Crippen molar-refractivity contribution in [3.63, 3.8) is 0 Å². The summed E-state index contributed by atoms with van der Waals surface area (Å²) in [5.74, 6) is 0.779. The highest BCUT2D eigenvalue weighted by Crippen LogP contribution is 2.38. The molecule has 2 N–H and O–H groups in total. The summed E-state index contributed by atoms with van der Waals surface area (Å²) in [4.78, 5) is 2.36. The lowest BCUT2D eigenvalue weighted by Crippen LogP contribution is -2.27. The summed E-state index contributed by atoms with van der Waals surface area (Å²) in [6.07, 6.45) is 3.73. The molecule has 1 atom stereocenters. The molecule has 2 nitrogen and oxygen atoms in total. The minimum absolute atomic E-state index is 0.391. The van der Waals surface area contributed by atoms with Gasteiger partial charge in [0, 0.05) is 13.1 Å². The second kappa shape index (κ2) is 5.62. The smallest absolute Gasteiger partial charge is 0.0789 e. The molecule has 0 radical (unpaired) electrons. The summed E-state index contributed by atoms with van der Waals surface area (Å²) in [5.41, 5.74) is 8.31. The molecule has 1 saturated heterocycles. The Labute approximate surface area is 121 Å². The van der Waals surface area contributed by atoms with Crippen LogP contribution in [0.15, 0.2) is 18.2 Å². The van der Waals surface area contributed by atoms with Crippen LogP contribution in [0.5, 0.6) is 0 Å². The zero-order valence-electron chi connectivity index (χ0n) is 12.2. The Balaban J connectivity index is 2.16. The zero-order valence-corrected chi connectivity index (χ0v) is 13.0. The van der Waals surface area contributed by atoms with Crippen LogP contribution in [0.25, 0.3) is 0 Å². The van der Waals surface area contributed by atoms with Gasteiger partial charge in [-0.3, -0.25) is 0 Å². The third-order valence-corrected chi connectivity index (χ3v) is 4.59. The summed E-state index contributed by atoms with van der Waals surface area (Å²) >= 11 is 6.32. The Morgan fingerprint density at radius 2 is 1.95 bits per heavy atom. The SMILES string of the molecule is CC(C)(C)C1CCCN(c2c(N)cccc2Cl)CC1. The fourth-order valence-electron chi connectivity index (χ4n) is 3.05. The Bertz CT molecular complexity index is 417. The maximum atomic E-state index is 6.32. The van der Waals surface area contributed by atoms with E-state index in [0.717, 1.165) is 35.4 Å². The average Bonchev–Trinajstić information content (AvgIpc) is 2.54. The molecule has 0 amide bonds. The van der Waals surface area contributed by atoms with Crippen molar-refractivity contribution in [2.75, 3.05) is 23.7 Å². The van der Waals surface area contributed by atoms with Crippen molar-refractivity contribution in [2.45, 2.75) is 40.0 Å². The van der Waals surface area contributed by atoms with Gasteiger partial charge in [0.25, 0.3) is 0 Å². The van der Waals surface area contributed by atoms with E-state index in [0.29, 0.717) is 5.41 Å². The van der Waals surface area contributed by atoms with Crippen molar-refractivity contribution in [1.29, 1.82) is 0 Å². The summed E-state index contributed by atoms with van der Waals surface area (Å²) < 4.78 is 0. The molecule has 1 aromatic carbocycles. The van der Waals surface area contributed by atoms with Crippen LogP contribution < -0.4 is 10.6 Å². The zero-order chi connectivity index (χ0) is 14.0. The predicted molar refractivity (Wildman–Crippen MR) is 84.9 cm³/mol. The number of nitrogens with zero attached hydrogens (tertiary/aromatic N) is 1. The first-order valence-corrected chi connectivity index (χ1v) is 7.56. The number of para-hydroxylation sites is 1. The monoisotopic (exact) mass is 280 g/mol. The lowest BCUT2D eigenvalue weighted by atomic mass is 9.77. The Kier molecular flexibility index (Phi) is 4.29. The molecule has 3 heteroatoms. The standard InChI is InChI=1S/C16H25ClN2/c1-16(2,3)12-6-5-10-19(11-9-12)15-13(17)7-4-8-14(15)18/h4,7-8,12H,5-6,9-11,18H2,1-3H3. The molecule has 1 fully saturated rings. The van der Waals surface area contributed by atoms with Crippen molar-refractivity contribution in [2.24, 2.45) is 11.3 Å². The molecule has 1 unspecified atom stereocenters. The fraction of sp³-hybridized carbons (Fsp3) is 0.625. The normalized spacial score (nSPS) is 21.3. The van der Waals surface area contributed by atoms with E-state index < -0.39 is 0 Å². The summed E-state index contributed by atoms with van der Waals surface area (Å²) in [6.45, 7) is 9.14. The van der Waals surface area contributed by atoms with Crippen molar-refractivity contribution < 1.29 is 0 Å². The molecule has 1 aromatic rings. The molecule has 106 valence electrons. The van der Waals surface area contributed by atoms with Crippen LogP contribution in [-0.2, 0) is 0 Å². The fourth-order valence-corrected chi connectivity index (χ4v) is 3.35. The lowest BCUT2D eigenvalue weighted by Gasteiger charge is -2.30. The van der Waals surface area contributed by atoms with Crippen molar-refractivity contribution in [3.05, 3.63) is 23.2 Å². The number of hydrogen-bond acceptors (Lipinski definition) is 2. The topological polar surface area (TPSA) is 29.3 Å². The first-order chi connectivity index (χ1) is 8.89. The van der Waals surface area contributed by atoms with Gasteiger partial charge in [0.2, 0.25) is 0 Å². The van der Waals surface area contributed by atoms with Crippen LogP contribution in [-0.4, -0.2) is 13.1 Å². The molecule has 0 bridgehead atoms. The van der Waals surface area contributed by atoms with Gasteiger partial charge in [0.05, 0.1) is 16.4 Å². The summed E-state index contributed by atoms with van der Waals surface area (Å²) in [6, 6.07) is 5.78.